The molecule has 1 heterocycles. The first kappa shape index (κ1) is 14.1. The molecule has 0 saturated heterocycles. The third-order valence-electron chi connectivity index (χ3n) is 3.64. The third-order valence-corrected chi connectivity index (χ3v) is 4.51. The fourth-order valence-corrected chi connectivity index (χ4v) is 3.07. The molecule has 0 radical (unpaired) electrons. The molecule has 5 heteroatoms. The Balaban J connectivity index is 1.77. The topological polar surface area (TPSA) is 58.2 Å². The normalized spacial score (nSPS) is 22.8. The molecule has 1 aliphatic rings. The molecule has 1 aliphatic carbocycles. The van der Waals surface area contributed by atoms with Crippen molar-refractivity contribution >= 4 is 23.2 Å². The highest BCUT2D eigenvalue weighted by atomic mass is 32.1. The van der Waals surface area contributed by atoms with Gasteiger partial charge in [0.1, 0.15) is 0 Å². The van der Waals surface area contributed by atoms with Crippen LogP contribution in [0.1, 0.15) is 37.5 Å². The van der Waals surface area contributed by atoms with Crippen LogP contribution in [-0.2, 0) is 16.1 Å². The second-order valence-electron chi connectivity index (χ2n) is 5.10. The Hall–Kier alpha value is -1.36. The molecule has 1 aromatic rings. The number of carbonyl (C=O) groups excluding carboxylic acids is 2. The molecule has 4 nitrogen and oxygen atoms in total. The molecule has 2 amide bonds. The Morgan fingerprint density at radius 2 is 2.11 bits per heavy atom. The van der Waals surface area contributed by atoms with E-state index in [4.69, 9.17) is 0 Å². The highest BCUT2D eigenvalue weighted by Gasteiger charge is 2.25. The predicted octanol–water partition coefficient (Wildman–Crippen LogP) is 2.06. The lowest BCUT2D eigenvalue weighted by Crippen LogP contribution is -2.47. The summed E-state index contributed by atoms with van der Waals surface area (Å²) in [6, 6.07) is 4.01. The van der Waals surface area contributed by atoms with Crippen molar-refractivity contribution in [3.63, 3.8) is 0 Å². The summed E-state index contributed by atoms with van der Waals surface area (Å²) < 4.78 is 0. The van der Waals surface area contributed by atoms with Gasteiger partial charge in [-0.1, -0.05) is 25.8 Å². The quantitative estimate of drug-likeness (QED) is 0.833. The minimum absolute atomic E-state index is 0.147. The van der Waals surface area contributed by atoms with Crippen LogP contribution in [0.15, 0.2) is 17.5 Å². The Labute approximate surface area is 117 Å². The second kappa shape index (κ2) is 6.70. The molecular formula is C14H20N2O2S. The highest BCUT2D eigenvalue weighted by Crippen LogP contribution is 2.23. The van der Waals surface area contributed by atoms with Crippen LogP contribution in [0.4, 0.5) is 0 Å². The lowest BCUT2D eigenvalue weighted by molar-refractivity contribution is -0.140. The van der Waals surface area contributed by atoms with E-state index in [-0.39, 0.29) is 6.04 Å². The van der Waals surface area contributed by atoms with Crippen LogP contribution in [0.2, 0.25) is 0 Å². The molecule has 2 N–H and O–H groups in total. The fraction of sp³-hybridized carbons (Fsp3) is 0.571. The van der Waals surface area contributed by atoms with Gasteiger partial charge in [0, 0.05) is 10.9 Å². The molecule has 104 valence electrons. The van der Waals surface area contributed by atoms with E-state index in [1.807, 2.05) is 17.5 Å². The van der Waals surface area contributed by atoms with Gasteiger partial charge in [0.25, 0.3) is 0 Å². The summed E-state index contributed by atoms with van der Waals surface area (Å²) in [6.07, 6.45) is 4.46. The van der Waals surface area contributed by atoms with E-state index in [1.54, 1.807) is 11.3 Å². The molecular weight excluding hydrogens is 260 g/mol. The largest absolute Gasteiger partial charge is 0.345 e. The minimum Gasteiger partial charge on any atom is -0.345 e. The molecule has 2 atom stereocenters. The smallest absolute Gasteiger partial charge is 0.309 e. The zero-order valence-corrected chi connectivity index (χ0v) is 12.0. The van der Waals surface area contributed by atoms with Gasteiger partial charge >= 0.3 is 11.8 Å². The number of thiophene rings is 1. The van der Waals surface area contributed by atoms with Gasteiger partial charge in [-0.25, -0.2) is 0 Å². The van der Waals surface area contributed by atoms with E-state index in [2.05, 4.69) is 17.6 Å². The monoisotopic (exact) mass is 280 g/mol. The molecule has 0 aromatic carbocycles. The third kappa shape index (κ3) is 4.06. The second-order valence-corrected chi connectivity index (χ2v) is 6.14. The highest BCUT2D eigenvalue weighted by molar-refractivity contribution is 7.09. The van der Waals surface area contributed by atoms with Crippen molar-refractivity contribution in [2.24, 2.45) is 5.92 Å². The number of carbonyl (C=O) groups is 2. The Morgan fingerprint density at radius 1 is 1.32 bits per heavy atom. The van der Waals surface area contributed by atoms with Gasteiger partial charge in [0.05, 0.1) is 6.54 Å². The van der Waals surface area contributed by atoms with Crippen molar-refractivity contribution in [1.82, 2.24) is 10.6 Å². The maximum absolute atomic E-state index is 11.8. The molecule has 1 fully saturated rings. The summed E-state index contributed by atoms with van der Waals surface area (Å²) in [7, 11) is 0. The average molecular weight is 280 g/mol. The van der Waals surface area contributed by atoms with Gasteiger partial charge in [-0.15, -0.1) is 11.3 Å². The Morgan fingerprint density at radius 3 is 2.79 bits per heavy atom. The molecule has 2 rings (SSSR count). The van der Waals surface area contributed by atoms with Gasteiger partial charge in [0.2, 0.25) is 0 Å². The molecule has 0 unspecified atom stereocenters. The van der Waals surface area contributed by atoms with E-state index in [9.17, 15) is 9.59 Å². The maximum atomic E-state index is 11.8. The lowest BCUT2D eigenvalue weighted by Gasteiger charge is -2.29. The molecule has 19 heavy (non-hydrogen) atoms. The van der Waals surface area contributed by atoms with Crippen molar-refractivity contribution in [1.29, 1.82) is 0 Å². The van der Waals surface area contributed by atoms with Crippen LogP contribution in [0, 0.1) is 5.92 Å². The van der Waals surface area contributed by atoms with Crippen molar-refractivity contribution in [2.75, 3.05) is 0 Å². The standard InChI is InChI=1S/C14H20N2O2S/c1-10-5-2-3-7-12(10)16-14(18)13(17)15-9-11-6-4-8-19-11/h4,6,8,10,12H,2-3,5,7,9H2,1H3,(H,15,17)(H,16,18)/t10-,12-/m1/s1. The van der Waals surface area contributed by atoms with Gasteiger partial charge in [-0.3, -0.25) is 9.59 Å². The van der Waals surface area contributed by atoms with Gasteiger partial charge in [-0.05, 0) is 30.2 Å². The fourth-order valence-electron chi connectivity index (χ4n) is 2.43. The van der Waals surface area contributed by atoms with Crippen LogP contribution in [0.5, 0.6) is 0 Å². The molecule has 0 aliphatic heterocycles. The summed E-state index contributed by atoms with van der Waals surface area (Å²) in [5.74, 6) is -0.579. The van der Waals surface area contributed by atoms with Gasteiger partial charge < -0.3 is 10.6 Å². The number of rotatable bonds is 3. The van der Waals surface area contributed by atoms with E-state index in [0.29, 0.717) is 12.5 Å². The van der Waals surface area contributed by atoms with Crippen molar-refractivity contribution < 1.29 is 9.59 Å². The van der Waals surface area contributed by atoms with Crippen LogP contribution in [-0.4, -0.2) is 17.9 Å². The molecule has 0 bridgehead atoms. The molecule has 1 aromatic heterocycles. The zero-order chi connectivity index (χ0) is 13.7. The number of amides is 2. The Kier molecular flexibility index (Phi) is 4.96. The first-order valence-corrected chi connectivity index (χ1v) is 7.66. The van der Waals surface area contributed by atoms with Crippen molar-refractivity contribution in [3.8, 4) is 0 Å². The predicted molar refractivity (Wildman–Crippen MR) is 75.7 cm³/mol. The van der Waals surface area contributed by atoms with Crippen molar-refractivity contribution in [2.45, 2.75) is 45.2 Å². The molecule has 1 saturated carbocycles. The number of hydrogen-bond acceptors (Lipinski definition) is 3. The van der Waals surface area contributed by atoms with E-state index < -0.39 is 11.8 Å². The first-order valence-electron chi connectivity index (χ1n) is 6.78. The van der Waals surface area contributed by atoms with Crippen LogP contribution >= 0.6 is 11.3 Å². The Bertz CT molecular complexity index is 431. The molecule has 0 spiro atoms. The first-order chi connectivity index (χ1) is 9.16. The van der Waals surface area contributed by atoms with Crippen molar-refractivity contribution in [3.05, 3.63) is 22.4 Å². The van der Waals surface area contributed by atoms with Crippen LogP contribution in [0.25, 0.3) is 0 Å². The van der Waals surface area contributed by atoms with E-state index in [1.165, 1.54) is 6.42 Å². The average Bonchev–Trinajstić information content (AvgIpc) is 2.91. The lowest BCUT2D eigenvalue weighted by atomic mass is 9.86. The minimum atomic E-state index is -0.536. The summed E-state index contributed by atoms with van der Waals surface area (Å²) in [6.45, 7) is 2.55. The van der Waals surface area contributed by atoms with Gasteiger partial charge in [-0.2, -0.15) is 0 Å². The summed E-state index contributed by atoms with van der Waals surface area (Å²) in [4.78, 5) is 24.5. The van der Waals surface area contributed by atoms with E-state index >= 15 is 0 Å². The van der Waals surface area contributed by atoms with Gasteiger partial charge in [0.15, 0.2) is 0 Å². The van der Waals surface area contributed by atoms with E-state index in [0.717, 1.165) is 24.1 Å². The summed E-state index contributed by atoms with van der Waals surface area (Å²) in [5, 5.41) is 7.45. The maximum Gasteiger partial charge on any atom is 0.309 e. The SMILES string of the molecule is C[C@@H]1CCCC[C@H]1NC(=O)C(=O)NCc1cccs1. The number of nitrogens with one attached hydrogen (secondary N) is 2. The zero-order valence-electron chi connectivity index (χ0n) is 11.1. The number of hydrogen-bond donors (Lipinski definition) is 2. The summed E-state index contributed by atoms with van der Waals surface area (Å²) >= 11 is 1.57. The summed E-state index contributed by atoms with van der Waals surface area (Å²) in [5.41, 5.74) is 0. The van der Waals surface area contributed by atoms with Crippen LogP contribution < -0.4 is 10.6 Å². The van der Waals surface area contributed by atoms with Crippen LogP contribution in [0.3, 0.4) is 0 Å².